The van der Waals surface area contributed by atoms with Crippen LogP contribution in [0.15, 0.2) is 11.4 Å². The number of carbonyl (C=O) groups excluding carboxylic acids is 1. The lowest BCUT2D eigenvalue weighted by molar-refractivity contribution is -0.187. The Morgan fingerprint density at radius 3 is 2.45 bits per heavy atom. The molecule has 2 rings (SSSR count). The Morgan fingerprint density at radius 1 is 1.40 bits per heavy atom. The molecule has 1 aliphatic heterocycles. The third-order valence-corrected chi connectivity index (χ3v) is 4.49. The van der Waals surface area contributed by atoms with Crippen molar-refractivity contribution in [2.45, 2.75) is 6.18 Å². The fourth-order valence-electron chi connectivity index (χ4n) is 2.14. The average Bonchev–Trinajstić information content (AvgIpc) is 2.92. The van der Waals surface area contributed by atoms with Crippen LogP contribution >= 0.6 is 22.9 Å². The maximum absolute atomic E-state index is 12.8. The number of amides is 1. The zero-order valence-corrected chi connectivity index (χ0v) is 11.4. The van der Waals surface area contributed by atoms with E-state index in [0.29, 0.717) is 0 Å². The average molecular weight is 328 g/mol. The summed E-state index contributed by atoms with van der Waals surface area (Å²) < 4.78 is 38.4. The summed E-state index contributed by atoms with van der Waals surface area (Å²) in [5, 5.41) is 10.6. The molecule has 110 valence electrons. The molecule has 0 bridgehead atoms. The van der Waals surface area contributed by atoms with Crippen molar-refractivity contribution in [2.24, 2.45) is 11.8 Å². The monoisotopic (exact) mass is 327 g/mol. The highest BCUT2D eigenvalue weighted by Crippen LogP contribution is 2.38. The first-order valence-corrected chi connectivity index (χ1v) is 6.79. The number of hydrogen-bond donors (Lipinski definition) is 1. The van der Waals surface area contributed by atoms with Crippen molar-refractivity contribution in [1.29, 1.82) is 0 Å². The second-order valence-electron chi connectivity index (χ2n) is 4.40. The van der Waals surface area contributed by atoms with Crippen LogP contribution in [0.25, 0.3) is 0 Å². The molecule has 0 aromatic carbocycles. The van der Waals surface area contributed by atoms with Crippen molar-refractivity contribution < 1.29 is 27.9 Å². The molecule has 4 nitrogen and oxygen atoms in total. The van der Waals surface area contributed by atoms with Crippen molar-refractivity contribution in [2.75, 3.05) is 13.1 Å². The van der Waals surface area contributed by atoms with Crippen LogP contribution in [0.4, 0.5) is 13.2 Å². The predicted molar refractivity (Wildman–Crippen MR) is 65.9 cm³/mol. The fraction of sp³-hybridized carbons (Fsp3) is 0.455. The molecule has 2 heterocycles. The molecule has 20 heavy (non-hydrogen) atoms. The van der Waals surface area contributed by atoms with Crippen LogP contribution in [-0.4, -0.2) is 41.1 Å². The molecule has 9 heteroatoms. The first-order valence-electron chi connectivity index (χ1n) is 5.53. The predicted octanol–water partition coefficient (Wildman–Crippen LogP) is 2.74. The van der Waals surface area contributed by atoms with E-state index in [-0.39, 0.29) is 9.90 Å². The molecular formula is C11H9ClF3NO3S. The second kappa shape index (κ2) is 5.25. The third kappa shape index (κ3) is 2.76. The van der Waals surface area contributed by atoms with E-state index >= 15 is 0 Å². The number of likely N-dealkylation sites (tertiary alicyclic amines) is 1. The largest absolute Gasteiger partial charge is 0.481 e. The maximum Gasteiger partial charge on any atom is 0.394 e. The highest BCUT2D eigenvalue weighted by atomic mass is 35.5. The molecule has 0 aliphatic carbocycles. The number of nitrogens with zero attached hydrogens (tertiary/aromatic N) is 1. The van der Waals surface area contributed by atoms with Crippen LogP contribution in [0.3, 0.4) is 0 Å². The first kappa shape index (κ1) is 15.1. The SMILES string of the molecule is O=C(O)[C@@H]1CN(C(=O)c2sccc2Cl)C[C@H]1C(F)(F)F. The maximum atomic E-state index is 12.8. The molecule has 1 aromatic heterocycles. The van der Waals surface area contributed by atoms with E-state index in [1.807, 2.05) is 0 Å². The lowest BCUT2D eigenvalue weighted by atomic mass is 9.96. The van der Waals surface area contributed by atoms with Crippen molar-refractivity contribution in [3.8, 4) is 0 Å². The molecule has 1 aliphatic rings. The molecule has 0 radical (unpaired) electrons. The molecule has 1 fully saturated rings. The summed E-state index contributed by atoms with van der Waals surface area (Å²) in [4.78, 5) is 24.0. The number of rotatable bonds is 2. The van der Waals surface area contributed by atoms with Gasteiger partial charge >= 0.3 is 12.1 Å². The van der Waals surface area contributed by atoms with Crippen molar-refractivity contribution >= 4 is 34.8 Å². The zero-order chi connectivity index (χ0) is 15.1. The van der Waals surface area contributed by atoms with E-state index in [4.69, 9.17) is 16.7 Å². The van der Waals surface area contributed by atoms with Gasteiger partial charge in [0, 0.05) is 13.1 Å². The molecule has 2 atom stereocenters. The second-order valence-corrected chi connectivity index (χ2v) is 5.72. The van der Waals surface area contributed by atoms with Gasteiger partial charge in [-0.1, -0.05) is 11.6 Å². The van der Waals surface area contributed by atoms with Gasteiger partial charge in [0.15, 0.2) is 0 Å². The van der Waals surface area contributed by atoms with E-state index in [1.54, 1.807) is 5.38 Å². The summed E-state index contributed by atoms with van der Waals surface area (Å²) in [6.07, 6.45) is -4.66. The fourth-order valence-corrected chi connectivity index (χ4v) is 3.24. The van der Waals surface area contributed by atoms with E-state index < -0.39 is 43.0 Å². The lowest BCUT2D eigenvalue weighted by Crippen LogP contribution is -2.34. The number of thiophene rings is 1. The Bertz CT molecular complexity index is 545. The van der Waals surface area contributed by atoms with Gasteiger partial charge in [0.05, 0.1) is 16.9 Å². The number of hydrogen-bond acceptors (Lipinski definition) is 3. The van der Waals surface area contributed by atoms with Gasteiger partial charge in [-0.05, 0) is 11.4 Å². The molecule has 1 amide bonds. The summed E-state index contributed by atoms with van der Waals surface area (Å²) in [7, 11) is 0. The normalized spacial score (nSPS) is 23.1. The number of alkyl halides is 3. The van der Waals surface area contributed by atoms with Gasteiger partial charge in [-0.2, -0.15) is 13.2 Å². The van der Waals surface area contributed by atoms with Gasteiger partial charge in [0.2, 0.25) is 0 Å². The quantitative estimate of drug-likeness (QED) is 0.908. The summed E-state index contributed by atoms with van der Waals surface area (Å²) in [6.45, 7) is -1.12. The smallest absolute Gasteiger partial charge is 0.394 e. The minimum absolute atomic E-state index is 0.124. The molecule has 1 N–H and O–H groups in total. The molecule has 1 saturated heterocycles. The number of aliphatic carboxylic acids is 1. The molecular weight excluding hydrogens is 319 g/mol. The van der Waals surface area contributed by atoms with E-state index in [9.17, 15) is 22.8 Å². The van der Waals surface area contributed by atoms with Gasteiger partial charge < -0.3 is 10.0 Å². The van der Waals surface area contributed by atoms with Gasteiger partial charge in [-0.15, -0.1) is 11.3 Å². The van der Waals surface area contributed by atoms with Crippen LogP contribution in [0.5, 0.6) is 0 Å². The summed E-state index contributed by atoms with van der Waals surface area (Å²) >= 11 is 6.77. The number of carboxylic acids is 1. The Labute approximate surface area is 120 Å². The van der Waals surface area contributed by atoms with Crippen molar-refractivity contribution in [1.82, 2.24) is 4.90 Å². The Hall–Kier alpha value is -1.28. The summed E-state index contributed by atoms with van der Waals surface area (Å²) in [5.41, 5.74) is 0. The first-order chi connectivity index (χ1) is 9.21. The third-order valence-electron chi connectivity index (χ3n) is 3.16. The number of carboxylic acid groups (broad SMARTS) is 1. The Balaban J connectivity index is 2.22. The Kier molecular flexibility index (Phi) is 3.97. The van der Waals surface area contributed by atoms with Crippen LogP contribution in [0.2, 0.25) is 5.02 Å². The lowest BCUT2D eigenvalue weighted by Gasteiger charge is -2.18. The van der Waals surface area contributed by atoms with Gasteiger partial charge in [-0.3, -0.25) is 9.59 Å². The van der Waals surface area contributed by atoms with E-state index in [1.165, 1.54) is 6.07 Å². The highest BCUT2D eigenvalue weighted by Gasteiger charge is 2.53. The van der Waals surface area contributed by atoms with Crippen molar-refractivity contribution in [3.63, 3.8) is 0 Å². The van der Waals surface area contributed by atoms with Crippen LogP contribution < -0.4 is 0 Å². The van der Waals surface area contributed by atoms with E-state index in [2.05, 4.69) is 0 Å². The number of carbonyl (C=O) groups is 2. The molecule has 1 aromatic rings. The highest BCUT2D eigenvalue weighted by molar-refractivity contribution is 7.12. The number of halogens is 4. The van der Waals surface area contributed by atoms with Crippen LogP contribution in [0.1, 0.15) is 9.67 Å². The Morgan fingerprint density at radius 2 is 2.05 bits per heavy atom. The molecule has 0 spiro atoms. The van der Waals surface area contributed by atoms with Crippen molar-refractivity contribution in [3.05, 3.63) is 21.3 Å². The van der Waals surface area contributed by atoms with Gasteiger partial charge in [-0.25, -0.2) is 0 Å². The zero-order valence-electron chi connectivity index (χ0n) is 9.85. The molecule has 0 saturated carbocycles. The molecule has 0 unspecified atom stereocenters. The summed E-state index contributed by atoms with van der Waals surface area (Å²) in [6, 6.07) is 1.46. The van der Waals surface area contributed by atoms with Crippen LogP contribution in [0, 0.1) is 11.8 Å². The standard InChI is InChI=1S/C11H9ClF3NO3S/c12-7-1-2-20-8(7)9(17)16-3-5(10(18)19)6(4-16)11(13,14)15/h1-2,5-6H,3-4H2,(H,18,19)/t5-,6-/m1/s1. The van der Waals surface area contributed by atoms with Crippen LogP contribution in [-0.2, 0) is 4.79 Å². The van der Waals surface area contributed by atoms with Gasteiger partial charge in [0.1, 0.15) is 4.88 Å². The minimum Gasteiger partial charge on any atom is -0.481 e. The van der Waals surface area contributed by atoms with E-state index in [0.717, 1.165) is 16.2 Å². The van der Waals surface area contributed by atoms with Gasteiger partial charge in [0.25, 0.3) is 5.91 Å². The topological polar surface area (TPSA) is 57.6 Å². The minimum atomic E-state index is -4.66. The summed E-state index contributed by atoms with van der Waals surface area (Å²) in [5.74, 6) is -5.91.